The van der Waals surface area contributed by atoms with Gasteiger partial charge in [-0.15, -0.1) is 11.8 Å². The Kier molecular flexibility index (Phi) is 2.51. The molecule has 1 aromatic rings. The zero-order chi connectivity index (χ0) is 11.1. The lowest BCUT2D eigenvalue weighted by Crippen LogP contribution is -2.25. The van der Waals surface area contributed by atoms with E-state index >= 15 is 0 Å². The molecule has 1 heterocycles. The monoisotopic (exact) mass is 222 g/mol. The summed E-state index contributed by atoms with van der Waals surface area (Å²) in [7, 11) is 0. The number of hydrogen-bond acceptors (Lipinski definition) is 2. The van der Waals surface area contributed by atoms with Gasteiger partial charge in [-0.1, -0.05) is 19.9 Å². The second kappa shape index (κ2) is 3.56. The predicted molar refractivity (Wildman–Crippen MR) is 61.8 cm³/mol. The molecule has 0 bridgehead atoms. The van der Waals surface area contributed by atoms with Crippen LogP contribution < -0.4 is 0 Å². The first kappa shape index (κ1) is 10.6. The molecule has 3 heteroatoms. The fourth-order valence-corrected chi connectivity index (χ4v) is 3.61. The molecule has 1 aliphatic heterocycles. The van der Waals surface area contributed by atoms with Gasteiger partial charge < -0.3 is 5.11 Å². The molecule has 1 N–H and O–H groups in total. The Balaban J connectivity index is 2.65. The summed E-state index contributed by atoms with van der Waals surface area (Å²) in [6, 6.07) is 5.55. The van der Waals surface area contributed by atoms with Crippen molar-refractivity contribution >= 4 is 17.7 Å². The van der Waals surface area contributed by atoms with Gasteiger partial charge >= 0.3 is 5.97 Å². The minimum Gasteiger partial charge on any atom is -0.478 e. The molecule has 2 nitrogen and oxygen atoms in total. The van der Waals surface area contributed by atoms with Crippen LogP contribution in [0.2, 0.25) is 0 Å². The first-order valence-corrected chi connectivity index (χ1v) is 6.00. The highest BCUT2D eigenvalue weighted by molar-refractivity contribution is 7.99. The van der Waals surface area contributed by atoms with Crippen LogP contribution in [0.1, 0.15) is 36.2 Å². The zero-order valence-corrected chi connectivity index (χ0v) is 9.73. The number of aromatic carboxylic acids is 1. The highest BCUT2D eigenvalue weighted by Gasteiger charge is 2.31. The maximum atomic E-state index is 11.2. The number of benzene rings is 1. The Hall–Kier alpha value is -0.960. The Bertz CT molecular complexity index is 410. The zero-order valence-electron chi connectivity index (χ0n) is 8.91. The molecule has 80 valence electrons. The van der Waals surface area contributed by atoms with Crippen molar-refractivity contribution in [2.45, 2.75) is 30.6 Å². The summed E-state index contributed by atoms with van der Waals surface area (Å²) in [6.45, 7) is 4.25. The highest BCUT2D eigenvalue weighted by Crippen LogP contribution is 2.43. The lowest BCUT2D eigenvalue weighted by Gasteiger charge is -2.33. The van der Waals surface area contributed by atoms with Gasteiger partial charge in [-0.2, -0.15) is 0 Å². The van der Waals surface area contributed by atoms with Gasteiger partial charge in [0, 0.05) is 4.90 Å². The second-order valence-corrected chi connectivity index (χ2v) is 5.60. The van der Waals surface area contributed by atoms with E-state index < -0.39 is 5.97 Å². The van der Waals surface area contributed by atoms with Crippen molar-refractivity contribution in [1.82, 2.24) is 0 Å². The molecule has 0 radical (unpaired) electrons. The van der Waals surface area contributed by atoms with Crippen LogP contribution in [-0.4, -0.2) is 16.8 Å². The maximum Gasteiger partial charge on any atom is 0.336 e. The summed E-state index contributed by atoms with van der Waals surface area (Å²) in [4.78, 5) is 12.3. The summed E-state index contributed by atoms with van der Waals surface area (Å²) in [5.74, 6) is 0.255. The van der Waals surface area contributed by atoms with Gasteiger partial charge in [-0.3, -0.25) is 0 Å². The molecule has 0 saturated heterocycles. The van der Waals surface area contributed by atoms with Gasteiger partial charge in [0.2, 0.25) is 0 Å². The van der Waals surface area contributed by atoms with E-state index in [4.69, 9.17) is 5.11 Å². The van der Waals surface area contributed by atoms with Crippen LogP contribution in [0.15, 0.2) is 23.1 Å². The van der Waals surface area contributed by atoms with Crippen LogP contribution in [0.3, 0.4) is 0 Å². The van der Waals surface area contributed by atoms with Crippen LogP contribution in [0.25, 0.3) is 0 Å². The van der Waals surface area contributed by atoms with Gasteiger partial charge in [0.05, 0.1) is 5.56 Å². The van der Waals surface area contributed by atoms with E-state index in [-0.39, 0.29) is 5.41 Å². The number of carboxylic acids is 1. The first-order chi connectivity index (χ1) is 7.02. The number of fused-ring (bicyclic) bond motifs is 1. The van der Waals surface area contributed by atoms with Crippen molar-refractivity contribution < 1.29 is 9.90 Å². The van der Waals surface area contributed by atoms with Gasteiger partial charge in [0.25, 0.3) is 0 Å². The normalized spacial score (nSPS) is 18.3. The van der Waals surface area contributed by atoms with E-state index in [0.29, 0.717) is 5.56 Å². The van der Waals surface area contributed by atoms with Crippen LogP contribution in [0, 0.1) is 0 Å². The number of carboxylic acid groups (broad SMARTS) is 1. The van der Waals surface area contributed by atoms with Gasteiger partial charge in [0.1, 0.15) is 0 Å². The lowest BCUT2D eigenvalue weighted by atomic mass is 9.79. The molecule has 1 aromatic carbocycles. The summed E-state index contributed by atoms with van der Waals surface area (Å²) in [5, 5.41) is 9.16. The third-order valence-electron chi connectivity index (χ3n) is 2.92. The van der Waals surface area contributed by atoms with Crippen molar-refractivity contribution in [3.05, 3.63) is 29.3 Å². The Morgan fingerprint density at radius 1 is 1.47 bits per heavy atom. The van der Waals surface area contributed by atoms with Crippen molar-refractivity contribution in [3.8, 4) is 0 Å². The van der Waals surface area contributed by atoms with E-state index in [1.807, 2.05) is 12.1 Å². The largest absolute Gasteiger partial charge is 0.478 e. The lowest BCUT2D eigenvalue weighted by molar-refractivity contribution is 0.0693. The number of thioether (sulfide) groups is 1. The van der Waals surface area contributed by atoms with Gasteiger partial charge in [-0.25, -0.2) is 4.79 Å². The molecule has 2 rings (SSSR count). The second-order valence-electron chi connectivity index (χ2n) is 4.47. The highest BCUT2D eigenvalue weighted by atomic mass is 32.2. The molecule has 0 amide bonds. The summed E-state index contributed by atoms with van der Waals surface area (Å²) in [6.07, 6.45) is 1.04. The van der Waals surface area contributed by atoms with Crippen LogP contribution in [0.5, 0.6) is 0 Å². The van der Waals surface area contributed by atoms with Crippen LogP contribution >= 0.6 is 11.8 Å². The van der Waals surface area contributed by atoms with Crippen molar-refractivity contribution in [2.24, 2.45) is 0 Å². The maximum absolute atomic E-state index is 11.2. The standard InChI is InChI=1S/C12H14O2S/c1-12(2)6-7-15-9-5-3-4-8(10(9)12)11(13)14/h3-5H,6-7H2,1-2H3,(H,13,14). The third-order valence-corrected chi connectivity index (χ3v) is 3.98. The molecule has 0 saturated carbocycles. The quantitative estimate of drug-likeness (QED) is 0.793. The summed E-state index contributed by atoms with van der Waals surface area (Å²) < 4.78 is 0. The Morgan fingerprint density at radius 2 is 2.20 bits per heavy atom. The fraction of sp³-hybridized carbons (Fsp3) is 0.417. The summed E-state index contributed by atoms with van der Waals surface area (Å²) in [5.41, 5.74) is 1.45. The van der Waals surface area contributed by atoms with Crippen molar-refractivity contribution in [1.29, 1.82) is 0 Å². The molecule has 0 atom stereocenters. The van der Waals surface area contributed by atoms with Gasteiger partial charge in [0.15, 0.2) is 0 Å². The van der Waals surface area contributed by atoms with E-state index in [1.165, 1.54) is 0 Å². The molecule has 0 aromatic heterocycles. The SMILES string of the molecule is CC1(C)CCSc2cccc(C(=O)O)c21. The molecule has 15 heavy (non-hydrogen) atoms. The molecular formula is C12H14O2S. The van der Waals surface area contributed by atoms with Crippen LogP contribution in [0.4, 0.5) is 0 Å². The molecule has 0 fully saturated rings. The van der Waals surface area contributed by atoms with E-state index in [2.05, 4.69) is 13.8 Å². The Morgan fingerprint density at radius 3 is 2.87 bits per heavy atom. The molecule has 0 spiro atoms. The summed E-state index contributed by atoms with van der Waals surface area (Å²) >= 11 is 1.76. The average molecular weight is 222 g/mol. The molecule has 0 unspecified atom stereocenters. The number of hydrogen-bond donors (Lipinski definition) is 1. The average Bonchev–Trinajstić information content (AvgIpc) is 2.16. The third kappa shape index (κ3) is 1.76. The minimum absolute atomic E-state index is 0.0183. The molecule has 1 aliphatic rings. The van der Waals surface area contributed by atoms with E-state index in [9.17, 15) is 4.79 Å². The number of carbonyl (C=O) groups is 1. The first-order valence-electron chi connectivity index (χ1n) is 5.02. The Labute approximate surface area is 93.7 Å². The topological polar surface area (TPSA) is 37.3 Å². The van der Waals surface area contributed by atoms with Crippen molar-refractivity contribution in [3.63, 3.8) is 0 Å². The predicted octanol–water partition coefficient (Wildman–Crippen LogP) is 3.16. The molecule has 0 aliphatic carbocycles. The fourth-order valence-electron chi connectivity index (χ4n) is 2.07. The van der Waals surface area contributed by atoms with Gasteiger partial charge in [-0.05, 0) is 35.3 Å². The van der Waals surface area contributed by atoms with E-state index in [1.54, 1.807) is 17.8 Å². The van der Waals surface area contributed by atoms with E-state index in [0.717, 1.165) is 22.6 Å². The number of rotatable bonds is 1. The smallest absolute Gasteiger partial charge is 0.336 e. The van der Waals surface area contributed by atoms with Crippen molar-refractivity contribution in [2.75, 3.05) is 5.75 Å². The minimum atomic E-state index is -0.817. The molecular weight excluding hydrogens is 208 g/mol. The van der Waals surface area contributed by atoms with Crippen LogP contribution in [-0.2, 0) is 5.41 Å².